The van der Waals surface area contributed by atoms with E-state index in [2.05, 4.69) is 10.2 Å². The highest BCUT2D eigenvalue weighted by molar-refractivity contribution is 5.24. The molecule has 1 aromatic rings. The molecule has 0 aromatic heterocycles. The third kappa shape index (κ3) is 2.65. The second-order valence-electron chi connectivity index (χ2n) is 5.59. The molecule has 0 bridgehead atoms. The summed E-state index contributed by atoms with van der Waals surface area (Å²) >= 11 is 0. The molecule has 1 saturated carbocycles. The molecule has 0 radical (unpaired) electrons. The van der Waals surface area contributed by atoms with Gasteiger partial charge >= 0.3 is 0 Å². The van der Waals surface area contributed by atoms with E-state index in [1.54, 1.807) is 6.07 Å². The minimum absolute atomic E-state index is 0.122. The van der Waals surface area contributed by atoms with Crippen molar-refractivity contribution in [2.24, 2.45) is 5.92 Å². The third-order valence-corrected chi connectivity index (χ3v) is 4.42. The molecule has 4 heteroatoms. The van der Waals surface area contributed by atoms with Gasteiger partial charge in [-0.25, -0.2) is 8.78 Å². The van der Waals surface area contributed by atoms with Gasteiger partial charge in [0.2, 0.25) is 0 Å². The van der Waals surface area contributed by atoms with Crippen molar-refractivity contribution < 1.29 is 8.78 Å². The van der Waals surface area contributed by atoms with Gasteiger partial charge in [-0.15, -0.1) is 0 Å². The van der Waals surface area contributed by atoms with Gasteiger partial charge in [-0.2, -0.15) is 0 Å². The Hall–Kier alpha value is -1.00. The van der Waals surface area contributed by atoms with Gasteiger partial charge in [0.25, 0.3) is 0 Å². The molecule has 1 saturated heterocycles. The van der Waals surface area contributed by atoms with Crippen molar-refractivity contribution in [2.75, 3.05) is 26.2 Å². The van der Waals surface area contributed by atoms with Crippen LogP contribution >= 0.6 is 0 Å². The Kier molecular flexibility index (Phi) is 3.80. The van der Waals surface area contributed by atoms with E-state index in [9.17, 15) is 8.78 Å². The van der Waals surface area contributed by atoms with E-state index in [4.69, 9.17) is 0 Å². The Morgan fingerprint density at radius 3 is 2.47 bits per heavy atom. The fourth-order valence-electron chi connectivity index (χ4n) is 3.21. The molecule has 0 unspecified atom stereocenters. The number of nitrogens with zero attached hydrogens (tertiary/aromatic N) is 1. The van der Waals surface area contributed by atoms with Gasteiger partial charge in [-0.05, 0) is 24.8 Å². The predicted molar refractivity (Wildman–Crippen MR) is 70.9 cm³/mol. The van der Waals surface area contributed by atoms with E-state index in [1.807, 2.05) is 0 Å². The van der Waals surface area contributed by atoms with Crippen molar-refractivity contribution in [3.8, 4) is 0 Å². The maximum atomic E-state index is 14.1. The lowest BCUT2D eigenvalue weighted by molar-refractivity contribution is 0.0811. The number of rotatable bonds is 3. The number of hydrogen-bond acceptors (Lipinski definition) is 2. The Labute approximate surface area is 112 Å². The summed E-state index contributed by atoms with van der Waals surface area (Å²) in [5, 5.41) is 3.32. The van der Waals surface area contributed by atoms with Crippen LogP contribution in [0.2, 0.25) is 0 Å². The molecular weight excluding hydrogens is 246 g/mol. The van der Waals surface area contributed by atoms with Crippen LogP contribution in [-0.2, 0) is 0 Å². The average molecular weight is 266 g/mol. The van der Waals surface area contributed by atoms with E-state index in [0.717, 1.165) is 45.1 Å². The number of benzene rings is 1. The van der Waals surface area contributed by atoms with Gasteiger partial charge in [-0.1, -0.05) is 12.5 Å². The zero-order chi connectivity index (χ0) is 13.2. The second-order valence-corrected chi connectivity index (χ2v) is 5.59. The Morgan fingerprint density at radius 2 is 1.89 bits per heavy atom. The highest BCUT2D eigenvalue weighted by Crippen LogP contribution is 2.42. The van der Waals surface area contributed by atoms with Crippen LogP contribution in [0.25, 0.3) is 0 Å². The monoisotopic (exact) mass is 266 g/mol. The van der Waals surface area contributed by atoms with Crippen molar-refractivity contribution in [3.63, 3.8) is 0 Å². The van der Waals surface area contributed by atoms with Gasteiger partial charge in [-0.3, -0.25) is 4.90 Å². The Bertz CT molecular complexity index is 440. The van der Waals surface area contributed by atoms with Crippen molar-refractivity contribution in [1.82, 2.24) is 10.2 Å². The van der Waals surface area contributed by atoms with Gasteiger partial charge in [0.1, 0.15) is 11.6 Å². The number of nitrogens with one attached hydrogen (secondary N) is 1. The first-order chi connectivity index (χ1) is 9.25. The van der Waals surface area contributed by atoms with Crippen molar-refractivity contribution >= 4 is 0 Å². The third-order valence-electron chi connectivity index (χ3n) is 4.42. The quantitative estimate of drug-likeness (QED) is 0.905. The summed E-state index contributed by atoms with van der Waals surface area (Å²) in [6.45, 7) is 3.79. The van der Waals surface area contributed by atoms with Crippen molar-refractivity contribution in [3.05, 3.63) is 35.4 Å². The van der Waals surface area contributed by atoms with Gasteiger partial charge < -0.3 is 5.32 Å². The summed E-state index contributed by atoms with van der Waals surface area (Å²) < 4.78 is 27.2. The molecule has 2 fully saturated rings. The van der Waals surface area contributed by atoms with Crippen LogP contribution in [0.1, 0.15) is 30.9 Å². The molecule has 0 spiro atoms. The maximum Gasteiger partial charge on any atom is 0.130 e. The van der Waals surface area contributed by atoms with Gasteiger partial charge in [0, 0.05) is 43.9 Å². The number of piperazine rings is 1. The maximum absolute atomic E-state index is 14.1. The molecule has 2 nitrogen and oxygen atoms in total. The molecular formula is C15H20F2N2. The van der Waals surface area contributed by atoms with Crippen LogP contribution in [0.5, 0.6) is 0 Å². The summed E-state index contributed by atoms with van der Waals surface area (Å²) in [6, 6.07) is 4.15. The first-order valence-electron chi connectivity index (χ1n) is 7.15. The van der Waals surface area contributed by atoms with E-state index in [0.29, 0.717) is 11.5 Å². The summed E-state index contributed by atoms with van der Waals surface area (Å²) in [5.41, 5.74) is 0.674. The molecule has 1 aromatic carbocycles. The average Bonchev–Trinajstić information content (AvgIpc) is 2.35. The summed E-state index contributed by atoms with van der Waals surface area (Å²) in [6.07, 6.45) is 3.55. The molecule has 1 N–H and O–H groups in total. The van der Waals surface area contributed by atoms with Crippen molar-refractivity contribution in [1.29, 1.82) is 0 Å². The van der Waals surface area contributed by atoms with Crippen LogP contribution < -0.4 is 5.32 Å². The molecule has 3 rings (SSSR count). The summed E-state index contributed by atoms with van der Waals surface area (Å²) in [4.78, 5) is 2.36. The fourth-order valence-corrected chi connectivity index (χ4v) is 3.21. The molecule has 0 amide bonds. The zero-order valence-electron chi connectivity index (χ0n) is 11.0. The topological polar surface area (TPSA) is 15.3 Å². The summed E-state index contributed by atoms with van der Waals surface area (Å²) in [7, 11) is 0. The largest absolute Gasteiger partial charge is 0.314 e. The van der Waals surface area contributed by atoms with E-state index < -0.39 is 11.6 Å². The van der Waals surface area contributed by atoms with Crippen LogP contribution in [0, 0.1) is 17.6 Å². The molecule has 19 heavy (non-hydrogen) atoms. The van der Waals surface area contributed by atoms with Crippen LogP contribution in [0.4, 0.5) is 8.78 Å². The van der Waals surface area contributed by atoms with E-state index in [-0.39, 0.29) is 6.04 Å². The number of hydrogen-bond donors (Lipinski definition) is 1. The SMILES string of the molecule is Fc1ccc([C@H](C2CCC2)N2CCNCC2)c(F)c1. The number of halogens is 2. The highest BCUT2D eigenvalue weighted by atomic mass is 19.1. The highest BCUT2D eigenvalue weighted by Gasteiger charge is 2.35. The van der Waals surface area contributed by atoms with Crippen LogP contribution in [0.3, 0.4) is 0 Å². The lowest BCUT2D eigenvalue weighted by Crippen LogP contribution is -2.48. The first-order valence-corrected chi connectivity index (χ1v) is 7.15. The zero-order valence-corrected chi connectivity index (χ0v) is 11.0. The molecule has 1 heterocycles. The second kappa shape index (κ2) is 5.55. The van der Waals surface area contributed by atoms with E-state index >= 15 is 0 Å². The first kappa shape index (κ1) is 13.0. The fraction of sp³-hybridized carbons (Fsp3) is 0.600. The van der Waals surface area contributed by atoms with Crippen LogP contribution in [-0.4, -0.2) is 31.1 Å². The molecule has 104 valence electrons. The van der Waals surface area contributed by atoms with Crippen molar-refractivity contribution in [2.45, 2.75) is 25.3 Å². The minimum Gasteiger partial charge on any atom is -0.314 e. The van der Waals surface area contributed by atoms with Gasteiger partial charge in [0.05, 0.1) is 0 Å². The lowest BCUT2D eigenvalue weighted by atomic mass is 9.76. The van der Waals surface area contributed by atoms with Gasteiger partial charge in [0.15, 0.2) is 0 Å². The summed E-state index contributed by atoms with van der Waals surface area (Å²) in [5.74, 6) is -0.359. The standard InChI is InChI=1S/C15H20F2N2/c16-12-4-5-13(14(17)10-12)15(11-2-1-3-11)19-8-6-18-7-9-19/h4-5,10-11,15,18H,1-3,6-9H2/t15-/m0/s1. The lowest BCUT2D eigenvalue weighted by Gasteiger charge is -2.43. The normalized spacial score (nSPS) is 23.1. The minimum atomic E-state index is -0.492. The van der Waals surface area contributed by atoms with E-state index in [1.165, 1.54) is 12.5 Å². The predicted octanol–water partition coefficient (Wildman–Crippen LogP) is 2.71. The van der Waals surface area contributed by atoms with Crippen LogP contribution in [0.15, 0.2) is 18.2 Å². The molecule has 1 atom stereocenters. The molecule has 1 aliphatic carbocycles. The Morgan fingerprint density at radius 1 is 1.16 bits per heavy atom. The Balaban J connectivity index is 1.88. The molecule has 1 aliphatic heterocycles. The smallest absolute Gasteiger partial charge is 0.130 e. The molecule has 2 aliphatic rings.